The van der Waals surface area contributed by atoms with Crippen molar-refractivity contribution in [1.29, 1.82) is 0 Å². The highest BCUT2D eigenvalue weighted by Crippen LogP contribution is 2.26. The summed E-state index contributed by atoms with van der Waals surface area (Å²) in [7, 11) is -2.26. The van der Waals surface area contributed by atoms with E-state index >= 15 is 0 Å². The fourth-order valence-electron chi connectivity index (χ4n) is 3.55. The molecule has 1 atom stereocenters. The molecule has 9 heteroatoms. The van der Waals surface area contributed by atoms with Crippen molar-refractivity contribution in [1.82, 2.24) is 10.2 Å². The minimum Gasteiger partial charge on any atom is -0.357 e. The van der Waals surface area contributed by atoms with Gasteiger partial charge in [0.1, 0.15) is 12.6 Å². The Bertz CT molecular complexity index is 1090. The number of aryl methyl sites for hydroxylation is 2. The fraction of sp³-hybridized carbons (Fsp3) is 0.391. The standard InChI is InChI=1S/C23H30ClN3O4S/c1-6-20(23(29)25-4)26(14-18-10-8-7-9-16(18)2)22(28)15-27(32(5,30)31)21-12-11-19(24)13-17(21)3/h7-13,20H,6,14-15H2,1-5H3,(H,25,29)/t20-/m1/s1. The molecule has 2 aromatic rings. The van der Waals surface area contributed by atoms with Gasteiger partial charge in [-0.2, -0.15) is 0 Å². The van der Waals surface area contributed by atoms with E-state index in [1.807, 2.05) is 38.1 Å². The highest BCUT2D eigenvalue weighted by molar-refractivity contribution is 7.92. The molecular formula is C23H30ClN3O4S. The number of amides is 2. The number of carbonyl (C=O) groups is 2. The average molecular weight is 480 g/mol. The summed E-state index contributed by atoms with van der Waals surface area (Å²) in [5.74, 6) is -0.772. The lowest BCUT2D eigenvalue weighted by Gasteiger charge is -2.33. The highest BCUT2D eigenvalue weighted by atomic mass is 35.5. The Morgan fingerprint density at radius 2 is 1.75 bits per heavy atom. The molecule has 174 valence electrons. The second kappa shape index (κ2) is 10.8. The van der Waals surface area contributed by atoms with Crippen molar-refractivity contribution in [3.05, 3.63) is 64.2 Å². The number of benzene rings is 2. The van der Waals surface area contributed by atoms with Crippen LogP contribution in [0.1, 0.15) is 30.0 Å². The summed E-state index contributed by atoms with van der Waals surface area (Å²) in [6, 6.07) is 11.7. The molecule has 2 amide bonds. The maximum absolute atomic E-state index is 13.5. The Morgan fingerprint density at radius 3 is 2.28 bits per heavy atom. The van der Waals surface area contributed by atoms with Gasteiger partial charge in [0.05, 0.1) is 11.9 Å². The molecule has 0 aliphatic carbocycles. The van der Waals surface area contributed by atoms with Crippen LogP contribution in [0, 0.1) is 13.8 Å². The fourth-order valence-corrected chi connectivity index (χ4v) is 4.68. The van der Waals surface area contributed by atoms with Crippen molar-refractivity contribution in [3.63, 3.8) is 0 Å². The Morgan fingerprint density at radius 1 is 1.09 bits per heavy atom. The maximum Gasteiger partial charge on any atom is 0.244 e. The Hall–Kier alpha value is -2.58. The minimum absolute atomic E-state index is 0.189. The maximum atomic E-state index is 13.5. The topological polar surface area (TPSA) is 86.8 Å². The van der Waals surface area contributed by atoms with Crippen LogP contribution < -0.4 is 9.62 Å². The van der Waals surface area contributed by atoms with Gasteiger partial charge in [0, 0.05) is 18.6 Å². The molecule has 1 N–H and O–H groups in total. The molecule has 0 aliphatic rings. The number of sulfonamides is 1. The monoisotopic (exact) mass is 479 g/mol. The van der Waals surface area contributed by atoms with Crippen molar-refractivity contribution >= 4 is 39.1 Å². The summed E-state index contributed by atoms with van der Waals surface area (Å²) in [6.07, 6.45) is 1.44. The molecule has 7 nitrogen and oxygen atoms in total. The first-order valence-corrected chi connectivity index (χ1v) is 12.5. The van der Waals surface area contributed by atoms with E-state index in [0.717, 1.165) is 21.7 Å². The number of nitrogens with zero attached hydrogens (tertiary/aromatic N) is 2. The van der Waals surface area contributed by atoms with Crippen LogP contribution in [0.5, 0.6) is 0 Å². The summed E-state index contributed by atoms with van der Waals surface area (Å²) in [4.78, 5) is 27.5. The molecule has 32 heavy (non-hydrogen) atoms. The Kier molecular flexibility index (Phi) is 8.69. The summed E-state index contributed by atoms with van der Waals surface area (Å²) < 4.78 is 26.3. The van der Waals surface area contributed by atoms with Crippen LogP contribution in [0.4, 0.5) is 5.69 Å². The summed E-state index contributed by atoms with van der Waals surface area (Å²) >= 11 is 6.02. The van der Waals surface area contributed by atoms with Crippen molar-refractivity contribution in [2.24, 2.45) is 0 Å². The van der Waals surface area contributed by atoms with Gasteiger partial charge >= 0.3 is 0 Å². The number of halogens is 1. The minimum atomic E-state index is -3.78. The third-order valence-electron chi connectivity index (χ3n) is 5.34. The van der Waals surface area contributed by atoms with Crippen molar-refractivity contribution in [2.75, 3.05) is 24.2 Å². The molecule has 0 unspecified atom stereocenters. The predicted molar refractivity (Wildman–Crippen MR) is 128 cm³/mol. The van der Waals surface area contributed by atoms with Gasteiger partial charge in [-0.15, -0.1) is 0 Å². The normalized spacial score (nSPS) is 12.2. The quantitative estimate of drug-likeness (QED) is 0.598. The van der Waals surface area contributed by atoms with Crippen LogP contribution in [0.15, 0.2) is 42.5 Å². The van der Waals surface area contributed by atoms with E-state index in [1.165, 1.54) is 11.9 Å². The van der Waals surface area contributed by atoms with Crippen molar-refractivity contribution < 1.29 is 18.0 Å². The molecule has 0 aromatic heterocycles. The third kappa shape index (κ3) is 6.23. The van der Waals surface area contributed by atoms with E-state index in [4.69, 9.17) is 11.6 Å². The largest absolute Gasteiger partial charge is 0.357 e. The van der Waals surface area contributed by atoms with Gasteiger partial charge in [0.25, 0.3) is 0 Å². The van der Waals surface area contributed by atoms with Crippen LogP contribution in [-0.4, -0.2) is 51.0 Å². The lowest BCUT2D eigenvalue weighted by Crippen LogP contribution is -2.51. The molecule has 0 fully saturated rings. The zero-order valence-corrected chi connectivity index (χ0v) is 20.6. The van der Waals surface area contributed by atoms with Gasteiger partial charge < -0.3 is 10.2 Å². The van der Waals surface area contributed by atoms with E-state index < -0.39 is 28.5 Å². The molecule has 0 spiro atoms. The zero-order valence-electron chi connectivity index (χ0n) is 19.1. The Balaban J connectivity index is 2.48. The first-order chi connectivity index (χ1) is 15.0. The number of hydrogen-bond acceptors (Lipinski definition) is 4. The number of rotatable bonds is 9. The van der Waals surface area contributed by atoms with Gasteiger partial charge in [-0.3, -0.25) is 13.9 Å². The van der Waals surface area contributed by atoms with Crippen LogP contribution in [0.25, 0.3) is 0 Å². The smallest absolute Gasteiger partial charge is 0.244 e. The Labute approximate surface area is 195 Å². The molecule has 2 aromatic carbocycles. The highest BCUT2D eigenvalue weighted by Gasteiger charge is 2.31. The van der Waals surface area contributed by atoms with Gasteiger partial charge in [0.2, 0.25) is 21.8 Å². The summed E-state index contributed by atoms with van der Waals surface area (Å²) in [5, 5.41) is 3.07. The van der Waals surface area contributed by atoms with E-state index in [9.17, 15) is 18.0 Å². The zero-order chi connectivity index (χ0) is 24.1. The first-order valence-electron chi connectivity index (χ1n) is 10.3. The second-order valence-electron chi connectivity index (χ2n) is 7.69. The number of likely N-dealkylation sites (N-methyl/N-ethyl adjacent to an activating group) is 1. The lowest BCUT2D eigenvalue weighted by molar-refractivity contribution is -0.140. The SMILES string of the molecule is CC[C@H](C(=O)NC)N(Cc1ccccc1C)C(=O)CN(c1ccc(Cl)cc1C)S(C)(=O)=O. The second-order valence-corrected chi connectivity index (χ2v) is 10.0. The number of carbonyl (C=O) groups excluding carboxylic acids is 2. The van der Waals surface area contributed by atoms with Crippen LogP contribution in [0.3, 0.4) is 0 Å². The lowest BCUT2D eigenvalue weighted by atomic mass is 10.1. The van der Waals surface area contributed by atoms with E-state index in [0.29, 0.717) is 22.7 Å². The van der Waals surface area contributed by atoms with Crippen LogP contribution >= 0.6 is 11.6 Å². The van der Waals surface area contributed by atoms with Crippen molar-refractivity contribution in [2.45, 2.75) is 39.8 Å². The predicted octanol–water partition coefficient (Wildman–Crippen LogP) is 3.28. The van der Waals surface area contributed by atoms with E-state index in [1.54, 1.807) is 25.1 Å². The van der Waals surface area contributed by atoms with Gasteiger partial charge in [-0.1, -0.05) is 42.8 Å². The molecule has 0 saturated heterocycles. The van der Waals surface area contributed by atoms with Gasteiger partial charge in [-0.05, 0) is 55.2 Å². The number of anilines is 1. The summed E-state index contributed by atoms with van der Waals surface area (Å²) in [5.41, 5.74) is 2.86. The van der Waals surface area contributed by atoms with Crippen molar-refractivity contribution in [3.8, 4) is 0 Å². The van der Waals surface area contributed by atoms with Gasteiger partial charge in [-0.25, -0.2) is 8.42 Å². The van der Waals surface area contributed by atoms with Gasteiger partial charge in [0.15, 0.2) is 0 Å². The molecular weight excluding hydrogens is 450 g/mol. The van der Waals surface area contributed by atoms with Crippen LogP contribution in [0.2, 0.25) is 5.02 Å². The molecule has 0 saturated carbocycles. The average Bonchev–Trinajstić information content (AvgIpc) is 2.72. The molecule has 0 bridgehead atoms. The number of hydrogen-bond donors (Lipinski definition) is 1. The molecule has 2 rings (SSSR count). The third-order valence-corrected chi connectivity index (χ3v) is 6.70. The molecule has 0 radical (unpaired) electrons. The molecule has 0 heterocycles. The van der Waals surface area contributed by atoms with Crippen LogP contribution in [-0.2, 0) is 26.2 Å². The first kappa shape index (κ1) is 25.7. The summed E-state index contributed by atoms with van der Waals surface area (Å²) in [6.45, 7) is 5.23. The van der Waals surface area contributed by atoms with E-state index in [2.05, 4.69) is 5.32 Å². The van der Waals surface area contributed by atoms with E-state index in [-0.39, 0.29) is 12.5 Å². The number of nitrogens with one attached hydrogen (secondary N) is 1. The molecule has 0 aliphatic heterocycles.